The second kappa shape index (κ2) is 8.50. The van der Waals surface area contributed by atoms with Crippen LogP contribution in [0.4, 0.5) is 11.4 Å². The van der Waals surface area contributed by atoms with E-state index in [0.29, 0.717) is 5.69 Å². The van der Waals surface area contributed by atoms with Crippen LogP contribution in [0.3, 0.4) is 0 Å². The monoisotopic (exact) mass is 320 g/mol. The molecule has 1 aromatic rings. The van der Waals surface area contributed by atoms with Gasteiger partial charge in [-0.3, -0.25) is 10.1 Å². The van der Waals surface area contributed by atoms with E-state index in [4.69, 9.17) is 0 Å². The minimum atomic E-state index is -1.11. The first-order valence-electron chi connectivity index (χ1n) is 8.36. The zero-order valence-electron chi connectivity index (χ0n) is 13.4. The minimum absolute atomic E-state index is 0.0223. The molecule has 0 spiro atoms. The number of aromatic carboxylic acids is 1. The average Bonchev–Trinajstić information content (AvgIpc) is 2.59. The Hall–Kier alpha value is -2.11. The molecule has 1 N–H and O–H groups in total. The molecule has 1 aliphatic heterocycles. The number of nitro benzene ring substituents is 1. The zero-order chi connectivity index (χ0) is 16.7. The van der Waals surface area contributed by atoms with Crippen LogP contribution < -0.4 is 4.90 Å². The SMILES string of the molecule is O=C(O)c1cc([N+](=O)[O-])ccc1N1CCCCCCCCCC1. The van der Waals surface area contributed by atoms with Crippen molar-refractivity contribution in [3.05, 3.63) is 33.9 Å². The predicted molar refractivity (Wildman–Crippen MR) is 89.2 cm³/mol. The molecule has 0 saturated carbocycles. The summed E-state index contributed by atoms with van der Waals surface area (Å²) in [7, 11) is 0. The lowest BCUT2D eigenvalue weighted by molar-refractivity contribution is -0.384. The van der Waals surface area contributed by atoms with Crippen molar-refractivity contribution in [1.29, 1.82) is 0 Å². The van der Waals surface area contributed by atoms with Crippen molar-refractivity contribution in [3.8, 4) is 0 Å². The van der Waals surface area contributed by atoms with E-state index in [1.807, 2.05) is 0 Å². The Morgan fingerprint density at radius 2 is 1.52 bits per heavy atom. The van der Waals surface area contributed by atoms with E-state index in [1.54, 1.807) is 6.07 Å². The van der Waals surface area contributed by atoms with Gasteiger partial charge in [0.2, 0.25) is 0 Å². The number of non-ortho nitro benzene ring substituents is 1. The lowest BCUT2D eigenvalue weighted by Gasteiger charge is -2.26. The summed E-state index contributed by atoms with van der Waals surface area (Å²) in [5, 5.41) is 20.3. The third-order valence-corrected chi connectivity index (χ3v) is 4.37. The number of benzene rings is 1. The lowest BCUT2D eigenvalue weighted by atomic mass is 10.1. The summed E-state index contributed by atoms with van der Waals surface area (Å²) in [5.74, 6) is -1.11. The highest BCUT2D eigenvalue weighted by atomic mass is 16.6. The molecule has 23 heavy (non-hydrogen) atoms. The molecule has 0 unspecified atom stereocenters. The third kappa shape index (κ3) is 4.94. The second-order valence-corrected chi connectivity index (χ2v) is 6.08. The Bertz CT molecular complexity index is 548. The van der Waals surface area contributed by atoms with E-state index in [1.165, 1.54) is 37.8 Å². The number of nitro groups is 1. The van der Waals surface area contributed by atoms with Gasteiger partial charge in [-0.2, -0.15) is 0 Å². The highest BCUT2D eigenvalue weighted by molar-refractivity contribution is 5.95. The first kappa shape index (κ1) is 17.2. The Balaban J connectivity index is 2.24. The Morgan fingerprint density at radius 3 is 2.00 bits per heavy atom. The maximum Gasteiger partial charge on any atom is 0.338 e. The first-order chi connectivity index (χ1) is 11.1. The van der Waals surface area contributed by atoms with E-state index in [9.17, 15) is 20.0 Å². The summed E-state index contributed by atoms with van der Waals surface area (Å²) in [6.07, 6.45) is 9.33. The van der Waals surface area contributed by atoms with Crippen LogP contribution in [-0.2, 0) is 0 Å². The molecular weight excluding hydrogens is 296 g/mol. The Labute approximate surface area is 136 Å². The third-order valence-electron chi connectivity index (χ3n) is 4.37. The van der Waals surface area contributed by atoms with Crippen LogP contribution in [-0.4, -0.2) is 29.1 Å². The van der Waals surface area contributed by atoms with Crippen molar-refractivity contribution in [1.82, 2.24) is 0 Å². The second-order valence-electron chi connectivity index (χ2n) is 6.08. The molecule has 0 aliphatic carbocycles. The van der Waals surface area contributed by atoms with Gasteiger partial charge >= 0.3 is 5.97 Å². The topological polar surface area (TPSA) is 83.7 Å². The van der Waals surface area contributed by atoms with Crippen LogP contribution in [0.25, 0.3) is 0 Å². The summed E-state index contributed by atoms with van der Waals surface area (Å²) in [6, 6.07) is 4.15. The number of carboxylic acid groups (broad SMARTS) is 1. The van der Waals surface area contributed by atoms with Crippen molar-refractivity contribution in [2.75, 3.05) is 18.0 Å². The van der Waals surface area contributed by atoms with E-state index in [0.717, 1.165) is 38.8 Å². The van der Waals surface area contributed by atoms with Gasteiger partial charge < -0.3 is 10.0 Å². The van der Waals surface area contributed by atoms with Gasteiger partial charge in [0.05, 0.1) is 16.2 Å². The van der Waals surface area contributed by atoms with Gasteiger partial charge in [0.15, 0.2) is 0 Å². The largest absolute Gasteiger partial charge is 0.478 e. The number of nitrogens with zero attached hydrogens (tertiary/aromatic N) is 2. The number of hydrogen-bond acceptors (Lipinski definition) is 4. The average molecular weight is 320 g/mol. The minimum Gasteiger partial charge on any atom is -0.478 e. The molecule has 6 heteroatoms. The van der Waals surface area contributed by atoms with Crippen molar-refractivity contribution < 1.29 is 14.8 Å². The van der Waals surface area contributed by atoms with Crippen LogP contribution in [0, 0.1) is 10.1 Å². The number of rotatable bonds is 3. The molecular formula is C17H24N2O4. The van der Waals surface area contributed by atoms with E-state index in [2.05, 4.69) is 4.90 Å². The highest BCUT2D eigenvalue weighted by Crippen LogP contribution is 2.27. The van der Waals surface area contributed by atoms with E-state index >= 15 is 0 Å². The molecule has 1 fully saturated rings. The van der Waals surface area contributed by atoms with Gasteiger partial charge in [0, 0.05) is 25.2 Å². The standard InChI is InChI=1S/C17H24N2O4/c20-17(21)15-13-14(19(22)23)9-10-16(15)18-11-7-5-3-1-2-4-6-8-12-18/h9-10,13H,1-8,11-12H2,(H,20,21). The smallest absolute Gasteiger partial charge is 0.338 e. The van der Waals surface area contributed by atoms with Gasteiger partial charge in [-0.1, -0.05) is 38.5 Å². The molecule has 0 radical (unpaired) electrons. The fourth-order valence-electron chi connectivity index (χ4n) is 3.10. The highest BCUT2D eigenvalue weighted by Gasteiger charge is 2.20. The van der Waals surface area contributed by atoms with Crippen molar-refractivity contribution in [2.45, 2.75) is 51.4 Å². The molecule has 126 valence electrons. The van der Waals surface area contributed by atoms with Crippen molar-refractivity contribution in [2.24, 2.45) is 0 Å². The summed E-state index contributed by atoms with van der Waals surface area (Å²) in [5.41, 5.74) is 0.445. The lowest BCUT2D eigenvalue weighted by Crippen LogP contribution is -2.27. The van der Waals surface area contributed by atoms with Gasteiger partial charge in [0.25, 0.3) is 5.69 Å². The van der Waals surface area contributed by atoms with Crippen molar-refractivity contribution >= 4 is 17.3 Å². The van der Waals surface area contributed by atoms with Crippen molar-refractivity contribution in [3.63, 3.8) is 0 Å². The normalized spacial score (nSPS) is 17.3. The fourth-order valence-corrected chi connectivity index (χ4v) is 3.10. The summed E-state index contributed by atoms with van der Waals surface area (Å²) >= 11 is 0. The molecule has 6 nitrogen and oxygen atoms in total. The van der Waals surface area contributed by atoms with Crippen LogP contribution in [0.15, 0.2) is 18.2 Å². The molecule has 1 aliphatic rings. The predicted octanol–water partition coefficient (Wildman–Crippen LogP) is 4.23. The summed E-state index contributed by atoms with van der Waals surface area (Å²) < 4.78 is 0. The van der Waals surface area contributed by atoms with Crippen LogP contribution >= 0.6 is 0 Å². The maximum absolute atomic E-state index is 11.5. The van der Waals surface area contributed by atoms with Crippen LogP contribution in [0.1, 0.15) is 61.7 Å². The number of carbonyl (C=O) groups is 1. The summed E-state index contributed by atoms with van der Waals surface area (Å²) in [4.78, 5) is 23.9. The summed E-state index contributed by atoms with van der Waals surface area (Å²) in [6.45, 7) is 1.61. The molecule has 0 aromatic heterocycles. The molecule has 0 amide bonds. The molecule has 1 saturated heterocycles. The molecule has 0 bridgehead atoms. The Kier molecular flexibility index (Phi) is 6.38. The van der Waals surface area contributed by atoms with E-state index < -0.39 is 10.9 Å². The van der Waals surface area contributed by atoms with Crippen LogP contribution in [0.2, 0.25) is 0 Å². The van der Waals surface area contributed by atoms with Gasteiger partial charge in [-0.25, -0.2) is 4.79 Å². The number of hydrogen-bond donors (Lipinski definition) is 1. The zero-order valence-corrected chi connectivity index (χ0v) is 13.4. The Morgan fingerprint density at radius 1 is 1.00 bits per heavy atom. The molecule has 2 rings (SSSR count). The van der Waals surface area contributed by atoms with E-state index in [-0.39, 0.29) is 11.3 Å². The fraction of sp³-hybridized carbons (Fsp3) is 0.588. The quantitative estimate of drug-likeness (QED) is 0.665. The maximum atomic E-state index is 11.5. The number of anilines is 1. The first-order valence-corrected chi connectivity index (χ1v) is 8.36. The molecule has 0 atom stereocenters. The molecule has 1 aromatic carbocycles. The van der Waals surface area contributed by atoms with Gasteiger partial charge in [0.1, 0.15) is 0 Å². The number of carboxylic acids is 1. The van der Waals surface area contributed by atoms with Gasteiger partial charge in [-0.05, 0) is 18.9 Å². The van der Waals surface area contributed by atoms with Gasteiger partial charge in [-0.15, -0.1) is 0 Å². The molecule has 1 heterocycles. The van der Waals surface area contributed by atoms with Crippen LogP contribution in [0.5, 0.6) is 0 Å².